The van der Waals surface area contributed by atoms with E-state index < -0.39 is 36.2 Å². The van der Waals surface area contributed by atoms with Gasteiger partial charge in [-0.2, -0.15) is 0 Å². The van der Waals surface area contributed by atoms with Gasteiger partial charge in [-0.3, -0.25) is 19.2 Å². The maximum Gasteiger partial charge on any atom is 0.323 e. The predicted octanol–water partition coefficient (Wildman–Crippen LogP) is 5.44. The van der Waals surface area contributed by atoms with E-state index in [0.29, 0.717) is 24.8 Å². The van der Waals surface area contributed by atoms with E-state index >= 15 is 0 Å². The van der Waals surface area contributed by atoms with E-state index in [4.69, 9.17) is 24.7 Å². The Bertz CT molecular complexity index is 932. The minimum atomic E-state index is -1.01. The summed E-state index contributed by atoms with van der Waals surface area (Å²) in [6, 6.07) is 3.74. The van der Waals surface area contributed by atoms with Crippen molar-refractivity contribution in [3.05, 3.63) is 23.8 Å². The largest absolute Gasteiger partial charge is 0.459 e. The Labute approximate surface area is 233 Å². The van der Waals surface area contributed by atoms with Crippen LogP contribution in [0.15, 0.2) is 18.2 Å². The van der Waals surface area contributed by atoms with E-state index in [1.807, 2.05) is 20.8 Å². The molecular weight excluding hydrogens is 502 g/mol. The van der Waals surface area contributed by atoms with Gasteiger partial charge in [-0.05, 0) is 57.2 Å². The number of carbonyl (C=O) groups is 4. The quantitative estimate of drug-likeness (QED) is 0.144. The van der Waals surface area contributed by atoms with Crippen LogP contribution in [0.2, 0.25) is 0 Å². The maximum absolute atomic E-state index is 12.6. The number of unbranched alkanes of at least 4 members (excludes halogenated alkanes) is 4. The molecule has 0 fully saturated rings. The topological polar surface area (TPSA) is 131 Å². The zero-order chi connectivity index (χ0) is 29.4. The predicted molar refractivity (Wildman–Crippen MR) is 148 cm³/mol. The van der Waals surface area contributed by atoms with Gasteiger partial charge in [0.05, 0.1) is 5.92 Å². The SMILES string of the molecule is CCCCCC(=O)Oc1ccc(C[C@H](N)C(=O)O[C@@H](C)C(C)OC(=O)C(C)CC)cc1OC(=O)CCCCC. The number of hydrogen-bond acceptors (Lipinski definition) is 9. The van der Waals surface area contributed by atoms with Gasteiger partial charge in [-0.25, -0.2) is 0 Å². The number of benzene rings is 1. The maximum atomic E-state index is 12.6. The highest BCUT2D eigenvalue weighted by molar-refractivity contribution is 5.77. The molecule has 1 rings (SSSR count). The van der Waals surface area contributed by atoms with Gasteiger partial charge in [-0.1, -0.05) is 59.4 Å². The number of esters is 4. The van der Waals surface area contributed by atoms with Crippen LogP contribution in [0.25, 0.3) is 0 Å². The number of nitrogens with two attached hydrogens (primary N) is 1. The molecule has 0 saturated heterocycles. The van der Waals surface area contributed by atoms with Gasteiger partial charge in [0.25, 0.3) is 0 Å². The lowest BCUT2D eigenvalue weighted by Crippen LogP contribution is -2.40. The molecule has 0 aliphatic rings. The molecule has 0 radical (unpaired) electrons. The minimum absolute atomic E-state index is 0.0949. The molecule has 4 atom stereocenters. The Kier molecular flexibility index (Phi) is 16.1. The second-order valence-electron chi connectivity index (χ2n) is 10.0. The molecule has 2 N–H and O–H groups in total. The van der Waals surface area contributed by atoms with Gasteiger partial charge >= 0.3 is 23.9 Å². The van der Waals surface area contributed by atoms with Crippen molar-refractivity contribution in [2.24, 2.45) is 11.7 Å². The second-order valence-corrected chi connectivity index (χ2v) is 10.0. The molecule has 9 nitrogen and oxygen atoms in total. The van der Waals surface area contributed by atoms with Crippen LogP contribution in [0.1, 0.15) is 105 Å². The molecule has 0 aromatic heterocycles. The summed E-state index contributed by atoms with van der Waals surface area (Å²) in [5.74, 6) is -1.83. The van der Waals surface area contributed by atoms with Crippen LogP contribution in [-0.2, 0) is 35.1 Å². The third-order valence-electron chi connectivity index (χ3n) is 6.46. The standard InChI is InChI=1S/C30H47NO8/c1-7-10-12-14-27(32)38-25-17-16-23(19-26(25)39-28(33)15-13-11-8-2)18-24(31)30(35)37-22(6)21(5)36-29(34)20(4)9-3/h16-17,19-22,24H,7-15,18,31H2,1-6H3/t20?,21?,22-,24-/m0/s1. The average molecular weight is 550 g/mol. The summed E-state index contributed by atoms with van der Waals surface area (Å²) in [4.78, 5) is 49.4. The minimum Gasteiger partial charge on any atom is -0.459 e. The van der Waals surface area contributed by atoms with E-state index in [1.165, 1.54) is 0 Å². The van der Waals surface area contributed by atoms with Crippen LogP contribution in [0.3, 0.4) is 0 Å². The van der Waals surface area contributed by atoms with Crippen molar-refractivity contribution in [1.29, 1.82) is 0 Å². The molecule has 0 aliphatic heterocycles. The summed E-state index contributed by atoms with van der Waals surface area (Å²) in [5.41, 5.74) is 6.71. The Morgan fingerprint density at radius 2 is 1.26 bits per heavy atom. The Hall–Kier alpha value is -2.94. The summed E-state index contributed by atoms with van der Waals surface area (Å²) in [7, 11) is 0. The van der Waals surface area contributed by atoms with Crippen LogP contribution >= 0.6 is 0 Å². The summed E-state index contributed by atoms with van der Waals surface area (Å²) in [6.07, 6.45) is 5.10. The first-order chi connectivity index (χ1) is 18.5. The average Bonchev–Trinajstić information content (AvgIpc) is 2.89. The van der Waals surface area contributed by atoms with E-state index in [0.717, 1.165) is 25.7 Å². The lowest BCUT2D eigenvalue weighted by molar-refractivity contribution is -0.168. The molecule has 39 heavy (non-hydrogen) atoms. The Morgan fingerprint density at radius 1 is 0.744 bits per heavy atom. The number of hydrogen-bond donors (Lipinski definition) is 1. The number of rotatable bonds is 18. The lowest BCUT2D eigenvalue weighted by atomic mass is 10.1. The normalized spacial score (nSPS) is 14.0. The molecule has 9 heteroatoms. The van der Waals surface area contributed by atoms with Crippen molar-refractivity contribution in [2.45, 2.75) is 124 Å². The van der Waals surface area contributed by atoms with Gasteiger partial charge < -0.3 is 24.7 Å². The molecule has 0 bridgehead atoms. The first-order valence-corrected chi connectivity index (χ1v) is 14.2. The third kappa shape index (κ3) is 13.1. The van der Waals surface area contributed by atoms with E-state index in [2.05, 4.69) is 0 Å². The van der Waals surface area contributed by atoms with Crippen molar-refractivity contribution >= 4 is 23.9 Å². The molecule has 0 amide bonds. The molecule has 2 unspecified atom stereocenters. The molecule has 1 aromatic rings. The highest BCUT2D eigenvalue weighted by Crippen LogP contribution is 2.30. The first-order valence-electron chi connectivity index (χ1n) is 14.2. The monoisotopic (exact) mass is 549 g/mol. The van der Waals surface area contributed by atoms with Crippen molar-refractivity contribution < 1.29 is 38.1 Å². The van der Waals surface area contributed by atoms with Gasteiger partial charge in [0.15, 0.2) is 11.5 Å². The highest BCUT2D eigenvalue weighted by Gasteiger charge is 2.26. The van der Waals surface area contributed by atoms with Crippen LogP contribution in [0.4, 0.5) is 0 Å². The van der Waals surface area contributed by atoms with Crippen LogP contribution in [0.5, 0.6) is 11.5 Å². The summed E-state index contributed by atoms with van der Waals surface area (Å²) in [6.45, 7) is 11.1. The van der Waals surface area contributed by atoms with E-state index in [-0.39, 0.29) is 42.6 Å². The van der Waals surface area contributed by atoms with Crippen LogP contribution < -0.4 is 15.2 Å². The van der Waals surface area contributed by atoms with Gasteiger partial charge in [0.1, 0.15) is 18.2 Å². The van der Waals surface area contributed by atoms with Gasteiger partial charge in [0.2, 0.25) is 0 Å². The number of carbonyl (C=O) groups excluding carboxylic acids is 4. The molecule has 220 valence electrons. The van der Waals surface area contributed by atoms with E-state index in [9.17, 15) is 19.2 Å². The van der Waals surface area contributed by atoms with Crippen LogP contribution in [-0.4, -0.2) is 42.1 Å². The Balaban J connectivity index is 2.90. The highest BCUT2D eigenvalue weighted by atomic mass is 16.6. The first kappa shape index (κ1) is 34.1. The molecular formula is C30H47NO8. The fraction of sp³-hybridized carbons (Fsp3) is 0.667. The molecule has 0 heterocycles. The smallest absolute Gasteiger partial charge is 0.323 e. The zero-order valence-corrected chi connectivity index (χ0v) is 24.5. The Morgan fingerprint density at radius 3 is 1.77 bits per heavy atom. The van der Waals surface area contributed by atoms with Crippen molar-refractivity contribution in [3.8, 4) is 11.5 Å². The fourth-order valence-corrected chi connectivity index (χ4v) is 3.50. The molecule has 1 aromatic carbocycles. The summed E-state index contributed by atoms with van der Waals surface area (Å²) in [5, 5.41) is 0. The summed E-state index contributed by atoms with van der Waals surface area (Å²) < 4.78 is 21.8. The van der Waals surface area contributed by atoms with Crippen LogP contribution in [0, 0.1) is 5.92 Å². The summed E-state index contributed by atoms with van der Waals surface area (Å²) >= 11 is 0. The van der Waals surface area contributed by atoms with Gasteiger partial charge in [0, 0.05) is 12.8 Å². The molecule has 0 aliphatic carbocycles. The lowest BCUT2D eigenvalue weighted by Gasteiger charge is -2.23. The number of ether oxygens (including phenoxy) is 4. The third-order valence-corrected chi connectivity index (χ3v) is 6.46. The zero-order valence-electron chi connectivity index (χ0n) is 24.5. The van der Waals surface area contributed by atoms with Crippen molar-refractivity contribution in [2.75, 3.05) is 0 Å². The second kappa shape index (κ2) is 18.4. The van der Waals surface area contributed by atoms with Gasteiger partial charge in [-0.15, -0.1) is 0 Å². The van der Waals surface area contributed by atoms with Crippen molar-refractivity contribution in [3.63, 3.8) is 0 Å². The van der Waals surface area contributed by atoms with E-state index in [1.54, 1.807) is 39.0 Å². The fourth-order valence-electron chi connectivity index (χ4n) is 3.50. The molecule has 0 saturated carbocycles. The molecule has 0 spiro atoms. The van der Waals surface area contributed by atoms with Crippen molar-refractivity contribution in [1.82, 2.24) is 0 Å².